The second-order valence-electron chi connectivity index (χ2n) is 4.90. The van der Waals surface area contributed by atoms with Gasteiger partial charge in [-0.1, -0.05) is 41.9 Å². The van der Waals surface area contributed by atoms with Crippen molar-refractivity contribution in [2.45, 2.75) is 32.7 Å². The zero-order valence-corrected chi connectivity index (χ0v) is 12.1. The minimum Gasteiger partial charge on any atom is -0.381 e. The van der Waals surface area contributed by atoms with E-state index in [1.54, 1.807) is 6.20 Å². The van der Waals surface area contributed by atoms with Crippen LogP contribution >= 0.6 is 11.6 Å². The lowest BCUT2D eigenvalue weighted by atomic mass is 10.1. The zero-order chi connectivity index (χ0) is 13.7. The molecule has 100 valence electrons. The fraction of sp³-hybridized carbons (Fsp3) is 0.312. The van der Waals surface area contributed by atoms with Crippen LogP contribution in [0.5, 0.6) is 0 Å². The van der Waals surface area contributed by atoms with Crippen molar-refractivity contribution >= 4 is 17.3 Å². The Balaban J connectivity index is 1.87. The van der Waals surface area contributed by atoms with Crippen LogP contribution in [0.3, 0.4) is 0 Å². The number of aromatic nitrogens is 1. The first-order chi connectivity index (χ1) is 9.15. The number of nitrogens with one attached hydrogen (secondary N) is 1. The number of rotatable bonds is 5. The van der Waals surface area contributed by atoms with E-state index >= 15 is 0 Å². The largest absolute Gasteiger partial charge is 0.381 e. The van der Waals surface area contributed by atoms with Gasteiger partial charge in [0.1, 0.15) is 5.15 Å². The Kier molecular flexibility index (Phi) is 4.80. The van der Waals surface area contributed by atoms with Gasteiger partial charge in [-0.05, 0) is 43.9 Å². The van der Waals surface area contributed by atoms with Crippen LogP contribution in [-0.4, -0.2) is 11.0 Å². The lowest BCUT2D eigenvalue weighted by Crippen LogP contribution is -2.16. The van der Waals surface area contributed by atoms with Crippen LogP contribution < -0.4 is 5.32 Å². The predicted molar refractivity (Wildman–Crippen MR) is 81.8 cm³/mol. The number of pyridine rings is 1. The molecule has 1 atom stereocenters. The van der Waals surface area contributed by atoms with Gasteiger partial charge in [-0.25, -0.2) is 4.98 Å². The van der Waals surface area contributed by atoms with E-state index in [0.29, 0.717) is 11.2 Å². The number of anilines is 1. The van der Waals surface area contributed by atoms with E-state index < -0.39 is 0 Å². The van der Waals surface area contributed by atoms with E-state index in [2.05, 4.69) is 41.5 Å². The third kappa shape index (κ3) is 4.25. The van der Waals surface area contributed by atoms with Gasteiger partial charge in [-0.3, -0.25) is 0 Å². The molecular formula is C16H19ClN2. The van der Waals surface area contributed by atoms with E-state index in [1.807, 2.05) is 19.1 Å². The minimum absolute atomic E-state index is 0.405. The topological polar surface area (TPSA) is 24.9 Å². The first-order valence-electron chi connectivity index (χ1n) is 6.58. The van der Waals surface area contributed by atoms with Gasteiger partial charge < -0.3 is 5.32 Å². The molecule has 2 rings (SSSR count). The highest BCUT2D eigenvalue weighted by atomic mass is 35.5. The highest BCUT2D eigenvalue weighted by Gasteiger charge is 2.04. The van der Waals surface area contributed by atoms with Gasteiger partial charge in [0.2, 0.25) is 0 Å². The summed E-state index contributed by atoms with van der Waals surface area (Å²) < 4.78 is 0. The molecule has 0 aliphatic heterocycles. The third-order valence-electron chi connectivity index (χ3n) is 3.14. The number of halogens is 1. The maximum Gasteiger partial charge on any atom is 0.132 e. The van der Waals surface area contributed by atoms with Crippen molar-refractivity contribution in [2.24, 2.45) is 0 Å². The van der Waals surface area contributed by atoms with E-state index in [-0.39, 0.29) is 0 Å². The molecule has 0 radical (unpaired) electrons. The second kappa shape index (κ2) is 6.58. The SMILES string of the molecule is Cc1cc(NC(C)CCc2ccccc2)cnc1Cl. The summed E-state index contributed by atoms with van der Waals surface area (Å²) in [5.41, 5.74) is 3.41. The summed E-state index contributed by atoms with van der Waals surface area (Å²) in [6.07, 6.45) is 3.95. The van der Waals surface area contributed by atoms with Crippen LogP contribution in [0.1, 0.15) is 24.5 Å². The zero-order valence-electron chi connectivity index (χ0n) is 11.4. The molecule has 0 aliphatic rings. The van der Waals surface area contributed by atoms with Gasteiger partial charge in [0.25, 0.3) is 0 Å². The summed E-state index contributed by atoms with van der Waals surface area (Å²) in [5, 5.41) is 4.03. The molecule has 0 fully saturated rings. The molecule has 0 saturated carbocycles. The first kappa shape index (κ1) is 13.9. The average Bonchev–Trinajstić information content (AvgIpc) is 2.42. The van der Waals surface area contributed by atoms with Gasteiger partial charge >= 0.3 is 0 Å². The number of aryl methyl sites for hydroxylation is 2. The maximum atomic E-state index is 5.92. The van der Waals surface area contributed by atoms with Crippen molar-refractivity contribution in [3.8, 4) is 0 Å². The molecule has 0 bridgehead atoms. The van der Waals surface area contributed by atoms with E-state index in [4.69, 9.17) is 11.6 Å². The Bertz CT molecular complexity index is 526. The average molecular weight is 275 g/mol. The fourth-order valence-corrected chi connectivity index (χ4v) is 2.12. The Morgan fingerprint density at radius 2 is 2.00 bits per heavy atom. The Labute approximate surface area is 119 Å². The van der Waals surface area contributed by atoms with Crippen molar-refractivity contribution in [3.05, 3.63) is 58.9 Å². The molecule has 3 heteroatoms. The van der Waals surface area contributed by atoms with Crippen molar-refractivity contribution in [2.75, 3.05) is 5.32 Å². The Morgan fingerprint density at radius 1 is 1.26 bits per heavy atom. The molecule has 0 amide bonds. The molecule has 0 aliphatic carbocycles. The number of nitrogens with zero attached hydrogens (tertiary/aromatic N) is 1. The summed E-state index contributed by atoms with van der Waals surface area (Å²) in [6, 6.07) is 13.0. The summed E-state index contributed by atoms with van der Waals surface area (Å²) in [4.78, 5) is 4.15. The molecule has 0 spiro atoms. The summed E-state index contributed by atoms with van der Waals surface area (Å²) in [5.74, 6) is 0. The van der Waals surface area contributed by atoms with Crippen LogP contribution in [0, 0.1) is 6.92 Å². The van der Waals surface area contributed by atoms with E-state index in [1.165, 1.54) is 5.56 Å². The van der Waals surface area contributed by atoms with Gasteiger partial charge in [-0.15, -0.1) is 0 Å². The molecule has 1 heterocycles. The highest BCUT2D eigenvalue weighted by molar-refractivity contribution is 6.30. The molecule has 1 N–H and O–H groups in total. The molecule has 1 aromatic heterocycles. The van der Waals surface area contributed by atoms with Gasteiger partial charge in [-0.2, -0.15) is 0 Å². The molecule has 2 nitrogen and oxygen atoms in total. The van der Waals surface area contributed by atoms with Gasteiger partial charge in [0.05, 0.1) is 11.9 Å². The normalized spacial score (nSPS) is 12.2. The smallest absolute Gasteiger partial charge is 0.132 e. The molecule has 19 heavy (non-hydrogen) atoms. The van der Waals surface area contributed by atoms with E-state index in [0.717, 1.165) is 24.1 Å². The van der Waals surface area contributed by atoms with Crippen LogP contribution in [0.25, 0.3) is 0 Å². The molecule has 2 aromatic rings. The number of hydrogen-bond donors (Lipinski definition) is 1. The Hall–Kier alpha value is -1.54. The standard InChI is InChI=1S/C16H19ClN2/c1-12-10-15(11-18-16(12)17)19-13(2)8-9-14-6-4-3-5-7-14/h3-7,10-11,13,19H,8-9H2,1-2H3. The monoisotopic (exact) mass is 274 g/mol. The Morgan fingerprint density at radius 3 is 2.68 bits per heavy atom. The van der Waals surface area contributed by atoms with Crippen molar-refractivity contribution in [1.29, 1.82) is 0 Å². The van der Waals surface area contributed by atoms with Crippen LogP contribution in [0.2, 0.25) is 5.15 Å². The summed E-state index contributed by atoms with van der Waals surface area (Å²) in [7, 11) is 0. The summed E-state index contributed by atoms with van der Waals surface area (Å²) in [6.45, 7) is 4.15. The van der Waals surface area contributed by atoms with Gasteiger partial charge in [0, 0.05) is 6.04 Å². The first-order valence-corrected chi connectivity index (χ1v) is 6.95. The van der Waals surface area contributed by atoms with Gasteiger partial charge in [0.15, 0.2) is 0 Å². The third-order valence-corrected chi connectivity index (χ3v) is 3.53. The minimum atomic E-state index is 0.405. The van der Waals surface area contributed by atoms with Crippen LogP contribution in [-0.2, 0) is 6.42 Å². The van der Waals surface area contributed by atoms with Crippen molar-refractivity contribution in [1.82, 2.24) is 4.98 Å². The van der Waals surface area contributed by atoms with E-state index in [9.17, 15) is 0 Å². The van der Waals surface area contributed by atoms with Crippen LogP contribution in [0.15, 0.2) is 42.6 Å². The fourth-order valence-electron chi connectivity index (χ4n) is 2.02. The summed E-state index contributed by atoms with van der Waals surface area (Å²) >= 11 is 5.92. The van der Waals surface area contributed by atoms with Crippen molar-refractivity contribution in [3.63, 3.8) is 0 Å². The predicted octanol–water partition coefficient (Wildman–Crippen LogP) is 4.48. The molecule has 0 saturated heterocycles. The quantitative estimate of drug-likeness (QED) is 0.814. The number of hydrogen-bond acceptors (Lipinski definition) is 2. The molecular weight excluding hydrogens is 256 g/mol. The van der Waals surface area contributed by atoms with Crippen molar-refractivity contribution < 1.29 is 0 Å². The maximum absolute atomic E-state index is 5.92. The lowest BCUT2D eigenvalue weighted by Gasteiger charge is -2.15. The highest BCUT2D eigenvalue weighted by Crippen LogP contribution is 2.17. The molecule has 1 unspecified atom stereocenters. The second-order valence-corrected chi connectivity index (χ2v) is 5.26. The number of benzene rings is 1. The lowest BCUT2D eigenvalue weighted by molar-refractivity contribution is 0.705. The van der Waals surface area contributed by atoms with Crippen LogP contribution in [0.4, 0.5) is 5.69 Å². The molecule has 1 aromatic carbocycles.